The summed E-state index contributed by atoms with van der Waals surface area (Å²) >= 11 is 0. The second kappa shape index (κ2) is 3.98. The number of nitrogens with one attached hydrogen (secondary N) is 1. The molecule has 1 atom stereocenters. The third-order valence-corrected chi connectivity index (χ3v) is 1.64. The molecule has 0 bridgehead atoms. The highest BCUT2D eigenvalue weighted by atomic mass is 31.2. The van der Waals surface area contributed by atoms with Crippen LogP contribution >= 0.6 is 7.75 Å². The Morgan fingerprint density at radius 2 is 2.78 bits per heavy atom. The standard InChI is InChI=1S/C3H10NO4P/c1-8-9(6,7)4-2-3-5/h5H,2-3H2,1H3,(H2,4,6,7)/i5D/hD. The molecule has 0 amide bonds. The summed E-state index contributed by atoms with van der Waals surface area (Å²) in [7, 11) is -2.93. The molecule has 3 N–H and O–H groups in total. The van der Waals surface area contributed by atoms with Crippen LogP contribution in [0, 0.1) is 0 Å². The molecule has 0 aliphatic carbocycles. The molecule has 0 aromatic heterocycles. The molecule has 0 fully saturated rings. The zero-order chi connectivity index (χ0) is 8.91. The van der Waals surface area contributed by atoms with Gasteiger partial charge in [0, 0.05) is 13.7 Å². The molecule has 56 valence electrons. The number of aliphatic hydroxyl groups excluding tert-OH is 1. The van der Waals surface area contributed by atoms with Crippen LogP contribution in [0.2, 0.25) is 1.41 Å². The highest BCUT2D eigenvalue weighted by molar-refractivity contribution is 7.50. The molecule has 0 saturated heterocycles. The van der Waals surface area contributed by atoms with E-state index in [-0.39, 0.29) is 13.2 Å². The Bertz CT molecular complexity index is 156. The summed E-state index contributed by atoms with van der Waals surface area (Å²) in [6.07, 6.45) is 0. The zero-order valence-electron chi connectivity index (χ0n) is 6.98. The van der Waals surface area contributed by atoms with Gasteiger partial charge in [0.2, 0.25) is 1.43 Å². The summed E-state index contributed by atoms with van der Waals surface area (Å²) in [5.74, 6) is 0. The van der Waals surface area contributed by atoms with Crippen molar-refractivity contribution < 1.29 is 20.5 Å². The van der Waals surface area contributed by atoms with Gasteiger partial charge in [-0.2, -0.15) is 0 Å². The average molecular weight is 157 g/mol. The lowest BCUT2D eigenvalue weighted by Gasteiger charge is -2.07. The van der Waals surface area contributed by atoms with E-state index in [1.807, 2.05) is 0 Å². The maximum atomic E-state index is 10.7. The molecule has 0 heterocycles. The number of rotatable bonds is 5. The van der Waals surface area contributed by atoms with Crippen molar-refractivity contribution in [2.75, 3.05) is 20.3 Å². The SMILES string of the molecule is [2H]OCCN([2H])P(=O)(O)OC. The molecule has 0 spiro atoms. The van der Waals surface area contributed by atoms with Crippen molar-refractivity contribution >= 4 is 7.75 Å². The fourth-order valence-corrected chi connectivity index (χ4v) is 0.675. The first-order valence-corrected chi connectivity index (χ1v) is 3.81. The van der Waals surface area contributed by atoms with Crippen LogP contribution in [-0.2, 0) is 9.09 Å². The van der Waals surface area contributed by atoms with Crippen molar-refractivity contribution in [3.05, 3.63) is 0 Å². The van der Waals surface area contributed by atoms with E-state index in [4.69, 9.17) is 7.74 Å². The van der Waals surface area contributed by atoms with E-state index in [1.54, 1.807) is 0 Å². The number of hydrogen-bond acceptors (Lipinski definition) is 3. The van der Waals surface area contributed by atoms with Crippen LogP contribution in [0.4, 0.5) is 0 Å². The van der Waals surface area contributed by atoms with Gasteiger partial charge >= 0.3 is 7.75 Å². The molecular formula is C3H10NO4P. The minimum absolute atomic E-state index is 0.114. The van der Waals surface area contributed by atoms with Gasteiger partial charge in [0.05, 0.1) is 6.61 Å². The Hall–Kier alpha value is 0.0700. The summed E-state index contributed by atoms with van der Waals surface area (Å²) in [6, 6.07) is 0. The Kier molecular flexibility index (Phi) is 2.57. The maximum Gasteiger partial charge on any atom is 0.402 e. The van der Waals surface area contributed by atoms with Gasteiger partial charge in [-0.25, -0.2) is 9.65 Å². The van der Waals surface area contributed by atoms with Crippen molar-refractivity contribution in [1.82, 2.24) is 5.08 Å². The van der Waals surface area contributed by atoms with Crippen LogP contribution in [0.3, 0.4) is 0 Å². The van der Waals surface area contributed by atoms with Gasteiger partial charge in [-0.3, -0.25) is 0 Å². The van der Waals surface area contributed by atoms with Gasteiger partial charge in [-0.15, -0.1) is 0 Å². The third-order valence-electron chi connectivity index (χ3n) is 0.608. The Labute approximate surface area is 56.2 Å². The zero-order valence-corrected chi connectivity index (χ0v) is 5.88. The Morgan fingerprint density at radius 3 is 3.22 bits per heavy atom. The molecule has 9 heavy (non-hydrogen) atoms. The second-order valence-corrected chi connectivity index (χ2v) is 2.87. The molecule has 1 unspecified atom stereocenters. The molecule has 0 aliphatic rings. The van der Waals surface area contributed by atoms with Crippen LogP contribution in [0.15, 0.2) is 0 Å². The van der Waals surface area contributed by atoms with E-state index in [9.17, 15) is 4.57 Å². The van der Waals surface area contributed by atoms with E-state index < -0.39 is 7.75 Å². The molecule has 0 radical (unpaired) electrons. The summed E-state index contributed by atoms with van der Waals surface area (Å²) in [5, 5.41) is 4.20. The number of aliphatic hydroxyl groups is 1. The molecule has 0 aromatic carbocycles. The first-order valence-electron chi connectivity index (χ1n) is 3.13. The molecule has 0 aliphatic heterocycles. The minimum Gasteiger partial charge on any atom is -0.395 e. The van der Waals surface area contributed by atoms with Crippen LogP contribution in [0.25, 0.3) is 0 Å². The predicted molar refractivity (Wildman–Crippen MR) is 31.9 cm³/mol. The van der Waals surface area contributed by atoms with E-state index in [0.717, 1.165) is 7.11 Å². The second-order valence-electron chi connectivity index (χ2n) is 1.24. The highest BCUT2D eigenvalue weighted by Gasteiger charge is 2.13. The van der Waals surface area contributed by atoms with Crippen LogP contribution < -0.4 is 5.08 Å². The molecule has 0 saturated carbocycles. The van der Waals surface area contributed by atoms with Gasteiger partial charge in [0.1, 0.15) is 1.41 Å². The van der Waals surface area contributed by atoms with Crippen molar-refractivity contribution in [1.29, 1.82) is 1.43 Å². The van der Waals surface area contributed by atoms with E-state index >= 15 is 0 Å². The molecule has 0 aromatic rings. The molecule has 5 nitrogen and oxygen atoms in total. The summed E-state index contributed by atoms with van der Waals surface area (Å²) in [5.41, 5.74) is 0. The summed E-state index contributed by atoms with van der Waals surface area (Å²) < 4.78 is 28.0. The smallest absolute Gasteiger partial charge is 0.395 e. The monoisotopic (exact) mass is 157 g/mol. The van der Waals surface area contributed by atoms with Crippen molar-refractivity contribution in [2.45, 2.75) is 0 Å². The van der Waals surface area contributed by atoms with E-state index in [1.165, 1.54) is 0 Å². The van der Waals surface area contributed by atoms with Crippen LogP contribution in [0.1, 0.15) is 0 Å². The quantitative estimate of drug-likeness (QED) is 0.460. The lowest BCUT2D eigenvalue weighted by Crippen LogP contribution is -2.15. The summed E-state index contributed by atoms with van der Waals surface area (Å²) in [4.78, 5) is 8.77. The van der Waals surface area contributed by atoms with Gasteiger partial charge in [-0.05, 0) is 0 Å². The normalized spacial score (nSPS) is 20.8. The lowest BCUT2D eigenvalue weighted by molar-refractivity contribution is 0.274. The largest absolute Gasteiger partial charge is 0.402 e. The van der Waals surface area contributed by atoms with Crippen molar-refractivity contribution in [3.8, 4) is 0 Å². The van der Waals surface area contributed by atoms with Gasteiger partial charge in [-0.1, -0.05) is 0 Å². The Morgan fingerprint density at radius 1 is 2.11 bits per heavy atom. The average Bonchev–Trinajstić information content (AvgIpc) is 2.00. The third kappa shape index (κ3) is 4.57. The van der Waals surface area contributed by atoms with E-state index in [0.29, 0.717) is 5.08 Å². The van der Waals surface area contributed by atoms with Crippen molar-refractivity contribution in [2.24, 2.45) is 0 Å². The van der Waals surface area contributed by atoms with Crippen molar-refractivity contribution in [3.63, 3.8) is 0 Å². The number of hydrogen-bond donors (Lipinski definition) is 3. The highest BCUT2D eigenvalue weighted by Crippen LogP contribution is 2.34. The summed E-state index contributed by atoms with van der Waals surface area (Å²) in [6.45, 7) is -0.261. The minimum atomic E-state index is -3.96. The first-order chi connectivity index (χ1) is 5.04. The van der Waals surface area contributed by atoms with Gasteiger partial charge < -0.3 is 14.5 Å². The lowest BCUT2D eigenvalue weighted by atomic mass is 10.8. The molecular weight excluding hydrogens is 145 g/mol. The van der Waals surface area contributed by atoms with Gasteiger partial charge in [0.15, 0.2) is 0 Å². The fraction of sp³-hybridized carbons (Fsp3) is 1.00. The van der Waals surface area contributed by atoms with Crippen LogP contribution in [0.5, 0.6) is 0 Å². The molecule has 6 heteroatoms. The fourth-order valence-electron chi connectivity index (χ4n) is 0.225. The van der Waals surface area contributed by atoms with Crippen LogP contribution in [-0.4, -0.2) is 31.7 Å². The topological polar surface area (TPSA) is 78.8 Å². The molecule has 0 rings (SSSR count). The predicted octanol–water partition coefficient (Wildman–Crippen LogP) is -0.685. The first kappa shape index (κ1) is 5.82. The Balaban J connectivity index is 3.81. The maximum absolute atomic E-state index is 10.7. The van der Waals surface area contributed by atoms with E-state index in [2.05, 4.69) is 9.63 Å². The van der Waals surface area contributed by atoms with Gasteiger partial charge in [0.25, 0.3) is 0 Å².